The van der Waals surface area contributed by atoms with Crippen molar-refractivity contribution in [1.82, 2.24) is 4.90 Å². The van der Waals surface area contributed by atoms with E-state index < -0.39 is 9.84 Å². The first-order chi connectivity index (χ1) is 6.04. The molecule has 1 N–H and O–H groups in total. The SMILES string of the molecule is CN(CCS(C)(=O)=O)C(=N)C(C)(C)C. The van der Waals surface area contributed by atoms with Gasteiger partial charge in [-0.1, -0.05) is 20.8 Å². The summed E-state index contributed by atoms with van der Waals surface area (Å²) in [6, 6.07) is 0. The second-order valence-corrected chi connectivity index (χ2v) is 6.91. The second-order valence-electron chi connectivity index (χ2n) is 4.65. The maximum absolute atomic E-state index is 10.9. The van der Waals surface area contributed by atoms with Crippen LogP contribution in [0.2, 0.25) is 0 Å². The first kappa shape index (κ1) is 13.4. The molecule has 0 unspecified atom stereocenters. The van der Waals surface area contributed by atoms with E-state index in [1.807, 2.05) is 20.8 Å². The van der Waals surface area contributed by atoms with Crippen molar-refractivity contribution in [2.45, 2.75) is 20.8 Å². The van der Waals surface area contributed by atoms with Gasteiger partial charge in [-0.05, 0) is 0 Å². The molecule has 0 heterocycles. The molecule has 0 amide bonds. The van der Waals surface area contributed by atoms with Crippen molar-refractivity contribution >= 4 is 15.7 Å². The highest BCUT2D eigenvalue weighted by molar-refractivity contribution is 7.90. The average molecular weight is 220 g/mol. The number of hydrogen-bond acceptors (Lipinski definition) is 3. The van der Waals surface area contributed by atoms with Crippen LogP contribution in [-0.4, -0.2) is 44.8 Å². The van der Waals surface area contributed by atoms with E-state index in [2.05, 4.69) is 0 Å². The Bertz CT molecular complexity index is 301. The van der Waals surface area contributed by atoms with Gasteiger partial charge in [0.2, 0.25) is 0 Å². The van der Waals surface area contributed by atoms with E-state index in [1.165, 1.54) is 6.26 Å². The van der Waals surface area contributed by atoms with Gasteiger partial charge in [0, 0.05) is 25.3 Å². The molecule has 0 fully saturated rings. The minimum atomic E-state index is -2.94. The normalized spacial score (nSPS) is 12.6. The van der Waals surface area contributed by atoms with Crippen molar-refractivity contribution in [2.75, 3.05) is 25.6 Å². The van der Waals surface area contributed by atoms with Gasteiger partial charge in [0.15, 0.2) is 0 Å². The third-order valence-corrected chi connectivity index (χ3v) is 2.81. The fourth-order valence-electron chi connectivity index (χ4n) is 0.987. The Morgan fingerprint density at radius 3 is 2.07 bits per heavy atom. The van der Waals surface area contributed by atoms with Crippen molar-refractivity contribution < 1.29 is 8.42 Å². The molecular formula is C9H20N2O2S. The summed E-state index contributed by atoms with van der Waals surface area (Å²) in [6.45, 7) is 6.19. The van der Waals surface area contributed by atoms with Crippen molar-refractivity contribution in [3.8, 4) is 0 Å². The number of rotatable bonds is 3. The van der Waals surface area contributed by atoms with Crippen LogP contribution in [-0.2, 0) is 9.84 Å². The van der Waals surface area contributed by atoms with Crippen LogP contribution in [0.4, 0.5) is 0 Å². The summed E-state index contributed by atoms with van der Waals surface area (Å²) in [5.74, 6) is 0.559. The second kappa shape index (κ2) is 4.29. The summed E-state index contributed by atoms with van der Waals surface area (Å²) in [7, 11) is -1.19. The van der Waals surface area contributed by atoms with Crippen molar-refractivity contribution in [1.29, 1.82) is 5.41 Å². The fraction of sp³-hybridized carbons (Fsp3) is 0.889. The fourth-order valence-corrected chi connectivity index (χ4v) is 1.59. The molecule has 0 spiro atoms. The van der Waals surface area contributed by atoms with Crippen LogP contribution in [0.5, 0.6) is 0 Å². The number of nitrogens with one attached hydrogen (secondary N) is 1. The predicted octanol–water partition coefficient (Wildman–Crippen LogP) is 0.986. The zero-order chi connectivity index (χ0) is 11.6. The average Bonchev–Trinajstić information content (AvgIpc) is 1.95. The zero-order valence-corrected chi connectivity index (χ0v) is 10.4. The summed E-state index contributed by atoms with van der Waals surface area (Å²) in [5.41, 5.74) is -0.230. The molecule has 14 heavy (non-hydrogen) atoms. The number of nitrogens with zero attached hydrogens (tertiary/aromatic N) is 1. The lowest BCUT2D eigenvalue weighted by Gasteiger charge is -2.29. The molecule has 0 atom stereocenters. The van der Waals surface area contributed by atoms with Gasteiger partial charge in [-0.3, -0.25) is 5.41 Å². The van der Waals surface area contributed by atoms with Crippen molar-refractivity contribution in [2.24, 2.45) is 5.41 Å². The summed E-state index contributed by atoms with van der Waals surface area (Å²) < 4.78 is 21.8. The molecule has 0 bridgehead atoms. The van der Waals surface area contributed by atoms with Crippen LogP contribution in [0, 0.1) is 10.8 Å². The largest absolute Gasteiger partial charge is 0.362 e. The molecule has 0 aromatic heterocycles. The zero-order valence-electron chi connectivity index (χ0n) is 9.59. The van der Waals surface area contributed by atoms with Gasteiger partial charge in [0.1, 0.15) is 15.7 Å². The third kappa shape index (κ3) is 5.21. The Morgan fingerprint density at radius 1 is 1.36 bits per heavy atom. The topological polar surface area (TPSA) is 61.2 Å². The van der Waals surface area contributed by atoms with E-state index in [4.69, 9.17) is 5.41 Å². The van der Waals surface area contributed by atoms with Crippen LogP contribution in [0.3, 0.4) is 0 Å². The maximum Gasteiger partial charge on any atom is 0.149 e. The molecule has 84 valence electrons. The van der Waals surface area contributed by atoms with Crippen LogP contribution in [0.1, 0.15) is 20.8 Å². The van der Waals surface area contributed by atoms with Gasteiger partial charge in [-0.15, -0.1) is 0 Å². The summed E-state index contributed by atoms with van der Waals surface area (Å²) in [4.78, 5) is 1.68. The predicted molar refractivity (Wildman–Crippen MR) is 59.5 cm³/mol. The first-order valence-corrected chi connectivity index (χ1v) is 6.58. The molecule has 5 heteroatoms. The lowest BCUT2D eigenvalue weighted by molar-refractivity contribution is 0.437. The molecule has 0 aliphatic carbocycles. The number of sulfone groups is 1. The van der Waals surface area contributed by atoms with Gasteiger partial charge in [-0.2, -0.15) is 0 Å². The van der Waals surface area contributed by atoms with Gasteiger partial charge in [-0.25, -0.2) is 8.42 Å². The Hall–Kier alpha value is -0.580. The highest BCUT2D eigenvalue weighted by Gasteiger charge is 2.21. The first-order valence-electron chi connectivity index (χ1n) is 4.52. The quantitative estimate of drug-likeness (QED) is 0.570. The van der Waals surface area contributed by atoms with Gasteiger partial charge >= 0.3 is 0 Å². The standard InChI is InChI=1S/C9H20N2O2S/c1-9(2,3)8(10)11(4)6-7-14(5,12)13/h10H,6-7H2,1-5H3. The maximum atomic E-state index is 10.9. The van der Waals surface area contributed by atoms with E-state index in [0.717, 1.165) is 0 Å². The van der Waals surface area contributed by atoms with Crippen LogP contribution in [0.15, 0.2) is 0 Å². The minimum absolute atomic E-state index is 0.0992. The lowest BCUT2D eigenvalue weighted by atomic mass is 9.94. The highest BCUT2D eigenvalue weighted by atomic mass is 32.2. The Balaban J connectivity index is 4.24. The van der Waals surface area contributed by atoms with Gasteiger partial charge in [0.25, 0.3) is 0 Å². The molecule has 0 rings (SSSR count). The Kier molecular flexibility index (Phi) is 4.12. The summed E-state index contributed by atoms with van der Waals surface area (Å²) in [5, 5.41) is 7.79. The van der Waals surface area contributed by atoms with Crippen LogP contribution >= 0.6 is 0 Å². The van der Waals surface area contributed by atoms with Gasteiger partial charge < -0.3 is 4.90 Å². The molecule has 4 nitrogen and oxygen atoms in total. The van der Waals surface area contributed by atoms with Crippen LogP contribution < -0.4 is 0 Å². The molecule has 0 aliphatic rings. The van der Waals surface area contributed by atoms with Crippen molar-refractivity contribution in [3.63, 3.8) is 0 Å². The Labute approximate surface area is 86.7 Å². The lowest BCUT2D eigenvalue weighted by Crippen LogP contribution is -2.38. The molecule has 0 aromatic rings. The molecule has 0 radical (unpaired) electrons. The smallest absolute Gasteiger partial charge is 0.149 e. The van der Waals surface area contributed by atoms with Crippen molar-refractivity contribution in [3.05, 3.63) is 0 Å². The number of amidine groups is 1. The molecular weight excluding hydrogens is 200 g/mol. The van der Waals surface area contributed by atoms with E-state index >= 15 is 0 Å². The van der Waals surface area contributed by atoms with E-state index in [-0.39, 0.29) is 11.2 Å². The molecule has 0 saturated carbocycles. The molecule has 0 saturated heterocycles. The Morgan fingerprint density at radius 2 is 1.79 bits per heavy atom. The highest BCUT2D eigenvalue weighted by Crippen LogP contribution is 2.16. The molecule has 0 aromatic carbocycles. The van der Waals surface area contributed by atoms with Gasteiger partial charge in [0.05, 0.1) is 5.75 Å². The summed E-state index contributed by atoms with van der Waals surface area (Å²) in [6.07, 6.45) is 1.21. The third-order valence-electron chi connectivity index (χ3n) is 1.89. The van der Waals surface area contributed by atoms with E-state index in [9.17, 15) is 8.42 Å². The number of hydrogen-bond donors (Lipinski definition) is 1. The minimum Gasteiger partial charge on any atom is -0.362 e. The van der Waals surface area contributed by atoms with Crippen LogP contribution in [0.25, 0.3) is 0 Å². The monoisotopic (exact) mass is 220 g/mol. The van der Waals surface area contributed by atoms with E-state index in [0.29, 0.717) is 12.4 Å². The van der Waals surface area contributed by atoms with E-state index in [1.54, 1.807) is 11.9 Å². The molecule has 0 aliphatic heterocycles. The summed E-state index contributed by atoms with van der Waals surface area (Å²) >= 11 is 0.